The lowest BCUT2D eigenvalue weighted by Crippen LogP contribution is -2.62. The van der Waals surface area contributed by atoms with Crippen molar-refractivity contribution in [1.82, 2.24) is 9.80 Å². The summed E-state index contributed by atoms with van der Waals surface area (Å²) in [6.45, 7) is 1.94. The first-order valence-electron chi connectivity index (χ1n) is 6.18. The predicted octanol–water partition coefficient (Wildman–Crippen LogP) is 0.0729. The summed E-state index contributed by atoms with van der Waals surface area (Å²) in [7, 11) is 1.47. The van der Waals surface area contributed by atoms with Gasteiger partial charge >= 0.3 is 5.97 Å². The van der Waals surface area contributed by atoms with Crippen LogP contribution < -0.4 is 0 Å². The van der Waals surface area contributed by atoms with Crippen LogP contribution in [0.4, 0.5) is 0 Å². The van der Waals surface area contributed by atoms with Crippen molar-refractivity contribution in [2.45, 2.75) is 44.2 Å². The van der Waals surface area contributed by atoms with Crippen LogP contribution in [0, 0.1) is 0 Å². The molecule has 2 atom stereocenters. The van der Waals surface area contributed by atoms with E-state index in [2.05, 4.69) is 0 Å². The molecule has 0 aromatic carbocycles. The fourth-order valence-electron chi connectivity index (χ4n) is 3.16. The molecule has 0 radical (unpaired) electrons. The summed E-state index contributed by atoms with van der Waals surface area (Å²) in [5.41, 5.74) is -1.39. The molecule has 0 aromatic heterocycles. The van der Waals surface area contributed by atoms with Crippen molar-refractivity contribution in [2.75, 3.05) is 13.6 Å². The number of piperidine rings is 1. The first-order valence-corrected chi connectivity index (χ1v) is 6.18. The topological polar surface area (TPSA) is 77.9 Å². The number of fused-ring (bicyclic) bond motifs is 1. The Morgan fingerprint density at radius 2 is 2.11 bits per heavy atom. The highest BCUT2D eigenvalue weighted by atomic mass is 16.4. The first kappa shape index (κ1) is 12.9. The molecule has 0 aromatic rings. The molecular formula is C12H18N2O4. The molecule has 2 rings (SSSR count). The van der Waals surface area contributed by atoms with E-state index in [1.54, 1.807) is 4.90 Å². The number of carbonyl (C=O) groups excluding carboxylic acids is 2. The summed E-state index contributed by atoms with van der Waals surface area (Å²) in [5, 5.41) is 9.57. The third kappa shape index (κ3) is 1.59. The van der Waals surface area contributed by atoms with Gasteiger partial charge in [-0.15, -0.1) is 0 Å². The molecule has 2 saturated heterocycles. The lowest BCUT2D eigenvalue weighted by atomic mass is 9.84. The number of hydrogen-bond donors (Lipinski definition) is 1. The van der Waals surface area contributed by atoms with E-state index in [0.717, 1.165) is 12.8 Å². The third-order valence-electron chi connectivity index (χ3n) is 4.24. The molecule has 2 aliphatic heterocycles. The van der Waals surface area contributed by atoms with Gasteiger partial charge in [0.1, 0.15) is 0 Å². The molecule has 1 N–H and O–H groups in total. The quantitative estimate of drug-likeness (QED) is 0.756. The number of carbonyl (C=O) groups is 3. The molecule has 18 heavy (non-hydrogen) atoms. The van der Waals surface area contributed by atoms with E-state index in [9.17, 15) is 19.5 Å². The molecule has 2 amide bonds. The van der Waals surface area contributed by atoms with Crippen LogP contribution in [0.25, 0.3) is 0 Å². The van der Waals surface area contributed by atoms with Crippen molar-refractivity contribution in [1.29, 1.82) is 0 Å². The second-order valence-corrected chi connectivity index (χ2v) is 5.08. The second kappa shape index (κ2) is 4.26. The van der Waals surface area contributed by atoms with Crippen molar-refractivity contribution >= 4 is 17.8 Å². The van der Waals surface area contributed by atoms with E-state index >= 15 is 0 Å². The minimum absolute atomic E-state index is 0.108. The Bertz CT molecular complexity index is 409. The number of hydrogen-bond acceptors (Lipinski definition) is 3. The Kier molecular flexibility index (Phi) is 3.04. The molecule has 0 bridgehead atoms. The second-order valence-electron chi connectivity index (χ2n) is 5.08. The summed E-state index contributed by atoms with van der Waals surface area (Å²) < 4.78 is 0. The van der Waals surface area contributed by atoms with Gasteiger partial charge in [0.15, 0.2) is 5.54 Å². The van der Waals surface area contributed by atoms with E-state index in [-0.39, 0.29) is 24.3 Å². The van der Waals surface area contributed by atoms with Gasteiger partial charge in [-0.05, 0) is 19.3 Å². The highest BCUT2D eigenvalue weighted by molar-refractivity contribution is 5.96. The van der Waals surface area contributed by atoms with Gasteiger partial charge in [-0.1, -0.05) is 0 Å². The highest BCUT2D eigenvalue weighted by Crippen LogP contribution is 2.39. The van der Waals surface area contributed by atoms with Crippen LogP contribution in [-0.2, 0) is 14.4 Å². The fraction of sp³-hybridized carbons (Fsp3) is 0.750. The molecule has 0 spiro atoms. The molecule has 2 aliphatic rings. The van der Waals surface area contributed by atoms with Gasteiger partial charge in [-0.3, -0.25) is 9.59 Å². The van der Waals surface area contributed by atoms with Gasteiger partial charge in [0.2, 0.25) is 11.8 Å². The van der Waals surface area contributed by atoms with Crippen LogP contribution in [0.5, 0.6) is 0 Å². The summed E-state index contributed by atoms with van der Waals surface area (Å²) >= 11 is 0. The zero-order chi connectivity index (χ0) is 13.5. The lowest BCUT2D eigenvalue weighted by Gasteiger charge is -2.42. The molecule has 2 unspecified atom stereocenters. The Hall–Kier alpha value is -1.59. The van der Waals surface area contributed by atoms with Crippen molar-refractivity contribution < 1.29 is 19.5 Å². The molecule has 6 heteroatoms. The van der Waals surface area contributed by atoms with Crippen LogP contribution in [0.1, 0.15) is 32.6 Å². The van der Waals surface area contributed by atoms with Gasteiger partial charge < -0.3 is 14.9 Å². The van der Waals surface area contributed by atoms with E-state index in [1.165, 1.54) is 18.9 Å². The zero-order valence-electron chi connectivity index (χ0n) is 10.7. The van der Waals surface area contributed by atoms with E-state index in [4.69, 9.17) is 0 Å². The summed E-state index contributed by atoms with van der Waals surface area (Å²) in [4.78, 5) is 38.1. The fourth-order valence-corrected chi connectivity index (χ4v) is 3.16. The normalized spacial score (nSPS) is 31.1. The summed E-state index contributed by atoms with van der Waals surface area (Å²) in [6.07, 6.45) is 2.34. The van der Waals surface area contributed by atoms with Crippen LogP contribution in [-0.4, -0.2) is 57.9 Å². The number of amides is 2. The third-order valence-corrected chi connectivity index (χ3v) is 4.24. The number of aliphatic carboxylic acids is 1. The zero-order valence-corrected chi connectivity index (χ0v) is 10.7. The summed E-state index contributed by atoms with van der Waals surface area (Å²) in [6, 6.07) is -0.384. The van der Waals surface area contributed by atoms with Gasteiger partial charge in [0.25, 0.3) is 0 Å². The van der Waals surface area contributed by atoms with E-state index in [0.29, 0.717) is 13.0 Å². The number of nitrogens with zero attached hydrogens (tertiary/aromatic N) is 2. The minimum Gasteiger partial charge on any atom is -0.479 e. The minimum atomic E-state index is -1.39. The maximum atomic E-state index is 12.0. The van der Waals surface area contributed by atoms with Crippen LogP contribution in [0.2, 0.25) is 0 Å². The van der Waals surface area contributed by atoms with Gasteiger partial charge in [0.05, 0.1) is 12.5 Å². The standard InChI is InChI=1S/C12H18N2O4/c1-8(15)13(2)12(11(17)18)7-10(16)14-6-4-3-5-9(12)14/h9H,3-7H2,1-2H3,(H,17,18). The van der Waals surface area contributed by atoms with Crippen molar-refractivity contribution in [3.8, 4) is 0 Å². The van der Waals surface area contributed by atoms with Crippen molar-refractivity contribution in [2.24, 2.45) is 0 Å². The lowest BCUT2D eigenvalue weighted by molar-refractivity contribution is -0.159. The molecule has 0 aliphatic carbocycles. The molecular weight excluding hydrogens is 236 g/mol. The largest absolute Gasteiger partial charge is 0.479 e. The molecule has 0 saturated carbocycles. The molecule has 2 heterocycles. The molecule has 6 nitrogen and oxygen atoms in total. The Morgan fingerprint density at radius 3 is 2.67 bits per heavy atom. The number of carboxylic acids is 1. The monoisotopic (exact) mass is 254 g/mol. The van der Waals surface area contributed by atoms with E-state index < -0.39 is 11.5 Å². The average Bonchev–Trinajstić information content (AvgIpc) is 2.63. The van der Waals surface area contributed by atoms with Crippen LogP contribution in [0.3, 0.4) is 0 Å². The van der Waals surface area contributed by atoms with Gasteiger partial charge in [-0.2, -0.15) is 0 Å². The molecule has 2 fully saturated rings. The number of carboxylic acid groups (broad SMARTS) is 1. The van der Waals surface area contributed by atoms with Crippen molar-refractivity contribution in [3.05, 3.63) is 0 Å². The van der Waals surface area contributed by atoms with Gasteiger partial charge in [0, 0.05) is 20.5 Å². The highest BCUT2D eigenvalue weighted by Gasteiger charge is 2.60. The van der Waals surface area contributed by atoms with Crippen LogP contribution in [0.15, 0.2) is 0 Å². The number of likely N-dealkylation sites (N-methyl/N-ethyl adjacent to an activating group) is 1. The molecule has 100 valence electrons. The Labute approximate surface area is 106 Å². The van der Waals surface area contributed by atoms with Crippen molar-refractivity contribution in [3.63, 3.8) is 0 Å². The Balaban J connectivity index is 2.44. The summed E-state index contributed by atoms with van der Waals surface area (Å²) in [5.74, 6) is -1.56. The average molecular weight is 254 g/mol. The maximum absolute atomic E-state index is 12.0. The van der Waals surface area contributed by atoms with Crippen LogP contribution >= 0.6 is 0 Å². The maximum Gasteiger partial charge on any atom is 0.332 e. The smallest absolute Gasteiger partial charge is 0.332 e. The van der Waals surface area contributed by atoms with Gasteiger partial charge in [-0.25, -0.2) is 4.79 Å². The Morgan fingerprint density at radius 1 is 1.44 bits per heavy atom. The SMILES string of the molecule is CC(=O)N(C)C1(C(=O)O)CC(=O)N2CCCCC21. The predicted molar refractivity (Wildman–Crippen MR) is 62.8 cm³/mol. The van der Waals surface area contributed by atoms with E-state index in [1.807, 2.05) is 0 Å². The number of rotatable bonds is 2. The first-order chi connectivity index (χ1) is 8.41.